The monoisotopic (exact) mass is 421 g/mol. The molecule has 164 valence electrons. The third-order valence-corrected chi connectivity index (χ3v) is 5.32. The largest absolute Gasteiger partial charge is 0.461 e. The second kappa shape index (κ2) is 10.8. The highest BCUT2D eigenvalue weighted by molar-refractivity contribution is 5.79. The maximum Gasteiger partial charge on any atom is 0.216 e. The van der Waals surface area contributed by atoms with E-state index in [1.165, 1.54) is 37.1 Å². The van der Waals surface area contributed by atoms with Crippen LogP contribution in [-0.2, 0) is 19.5 Å². The summed E-state index contributed by atoms with van der Waals surface area (Å²) in [7, 11) is 0. The summed E-state index contributed by atoms with van der Waals surface area (Å²) in [5.41, 5.74) is 2.58. The first-order valence-corrected chi connectivity index (χ1v) is 11.1. The highest BCUT2D eigenvalue weighted by atomic mass is 16.3. The first kappa shape index (κ1) is 21.1. The number of H-pyrrole nitrogens is 1. The minimum absolute atomic E-state index is 0.578. The zero-order valence-electron chi connectivity index (χ0n) is 18.1. The zero-order valence-corrected chi connectivity index (χ0v) is 18.1. The molecule has 1 aromatic carbocycles. The van der Waals surface area contributed by atoms with Gasteiger partial charge in [-0.25, -0.2) is 9.98 Å². The van der Waals surface area contributed by atoms with Crippen LogP contribution < -0.4 is 10.6 Å². The van der Waals surface area contributed by atoms with Gasteiger partial charge in [0.25, 0.3) is 0 Å². The van der Waals surface area contributed by atoms with Gasteiger partial charge in [-0.15, -0.1) is 0 Å². The quantitative estimate of drug-likeness (QED) is 0.363. The Morgan fingerprint density at radius 3 is 2.68 bits per heavy atom. The molecule has 0 atom stereocenters. The Hall–Kier alpha value is -3.13. The minimum atomic E-state index is 0.578. The number of benzene rings is 1. The zero-order chi connectivity index (χ0) is 21.3. The van der Waals surface area contributed by atoms with Crippen molar-refractivity contribution < 1.29 is 4.42 Å². The lowest BCUT2D eigenvalue weighted by molar-refractivity contribution is 0.331. The molecule has 8 nitrogen and oxygen atoms in total. The van der Waals surface area contributed by atoms with E-state index in [-0.39, 0.29) is 0 Å². The Balaban J connectivity index is 1.26. The number of hydrogen-bond acceptors (Lipinski definition) is 5. The van der Waals surface area contributed by atoms with Crippen molar-refractivity contribution in [3.63, 3.8) is 0 Å². The fraction of sp³-hybridized carbons (Fsp3) is 0.435. The van der Waals surface area contributed by atoms with Crippen molar-refractivity contribution in [3.05, 3.63) is 59.6 Å². The van der Waals surface area contributed by atoms with Crippen LogP contribution in [0.25, 0.3) is 11.6 Å². The summed E-state index contributed by atoms with van der Waals surface area (Å²) in [6, 6.07) is 12.5. The standard InChI is InChI=1S/C23H31N7O/c1-2-24-23(25-12-11-21-27-22(29-28-21)20-6-5-15-31-20)26-16-18-7-9-19(10-8-18)17-30-13-3-4-14-30/h5-10,15H,2-4,11-14,16-17H2,1H3,(H2,24,25,26)(H,27,28,29). The van der Waals surface area contributed by atoms with Gasteiger partial charge in [0.05, 0.1) is 12.8 Å². The molecule has 0 bridgehead atoms. The van der Waals surface area contributed by atoms with Crippen LogP contribution in [0.3, 0.4) is 0 Å². The molecule has 3 aromatic rings. The average molecular weight is 422 g/mol. The molecule has 31 heavy (non-hydrogen) atoms. The Labute approximate surface area is 183 Å². The van der Waals surface area contributed by atoms with Crippen LogP contribution in [-0.4, -0.2) is 52.2 Å². The first-order chi connectivity index (χ1) is 15.3. The van der Waals surface area contributed by atoms with E-state index in [0.717, 1.165) is 24.9 Å². The van der Waals surface area contributed by atoms with Crippen molar-refractivity contribution in [2.24, 2.45) is 4.99 Å². The lowest BCUT2D eigenvalue weighted by atomic mass is 10.1. The second-order valence-corrected chi connectivity index (χ2v) is 7.75. The Kier molecular flexibility index (Phi) is 7.33. The summed E-state index contributed by atoms with van der Waals surface area (Å²) in [5.74, 6) is 2.85. The third-order valence-electron chi connectivity index (χ3n) is 5.32. The number of nitrogens with zero attached hydrogens (tertiary/aromatic N) is 4. The van der Waals surface area contributed by atoms with E-state index in [1.54, 1.807) is 6.26 Å². The topological polar surface area (TPSA) is 94.4 Å². The van der Waals surface area contributed by atoms with Gasteiger partial charge < -0.3 is 15.1 Å². The summed E-state index contributed by atoms with van der Waals surface area (Å²) in [6.45, 7) is 7.72. The average Bonchev–Trinajstić information content (AvgIpc) is 3.55. The molecule has 0 radical (unpaired) electrons. The molecule has 1 saturated heterocycles. The van der Waals surface area contributed by atoms with E-state index in [0.29, 0.717) is 31.1 Å². The van der Waals surface area contributed by atoms with Crippen molar-refractivity contribution in [3.8, 4) is 11.6 Å². The normalized spacial score (nSPS) is 14.8. The Morgan fingerprint density at radius 2 is 1.94 bits per heavy atom. The highest BCUT2D eigenvalue weighted by Gasteiger charge is 2.11. The number of guanidine groups is 1. The third kappa shape index (κ3) is 6.18. The molecule has 8 heteroatoms. The van der Waals surface area contributed by atoms with E-state index in [1.807, 2.05) is 12.1 Å². The predicted molar refractivity (Wildman–Crippen MR) is 122 cm³/mol. The number of furan rings is 1. The van der Waals surface area contributed by atoms with E-state index < -0.39 is 0 Å². The summed E-state index contributed by atoms with van der Waals surface area (Å²) in [4.78, 5) is 11.7. The predicted octanol–water partition coefficient (Wildman–Crippen LogP) is 2.96. The van der Waals surface area contributed by atoms with Crippen LogP contribution in [0, 0.1) is 0 Å². The number of likely N-dealkylation sites (tertiary alicyclic amines) is 1. The van der Waals surface area contributed by atoms with Gasteiger partial charge in [-0.1, -0.05) is 24.3 Å². The smallest absolute Gasteiger partial charge is 0.216 e. The van der Waals surface area contributed by atoms with Crippen molar-refractivity contribution in [1.82, 2.24) is 30.7 Å². The number of aromatic amines is 1. The van der Waals surface area contributed by atoms with E-state index in [9.17, 15) is 0 Å². The number of nitrogens with one attached hydrogen (secondary N) is 3. The Morgan fingerprint density at radius 1 is 1.13 bits per heavy atom. The molecule has 3 N–H and O–H groups in total. The van der Waals surface area contributed by atoms with Crippen LogP contribution in [0.2, 0.25) is 0 Å². The molecule has 3 heterocycles. The maximum atomic E-state index is 5.33. The summed E-state index contributed by atoms with van der Waals surface area (Å²) in [5, 5.41) is 13.8. The van der Waals surface area contributed by atoms with Gasteiger partial charge >= 0.3 is 0 Å². The second-order valence-electron chi connectivity index (χ2n) is 7.75. The van der Waals surface area contributed by atoms with Gasteiger partial charge in [-0.2, -0.15) is 5.10 Å². The highest BCUT2D eigenvalue weighted by Crippen LogP contribution is 2.15. The molecule has 0 saturated carbocycles. The Bertz CT molecular complexity index is 941. The van der Waals surface area contributed by atoms with Gasteiger partial charge in [0.2, 0.25) is 5.82 Å². The lowest BCUT2D eigenvalue weighted by Gasteiger charge is -2.14. The summed E-state index contributed by atoms with van der Waals surface area (Å²) < 4.78 is 5.33. The molecule has 0 amide bonds. The molecule has 1 aliphatic heterocycles. The van der Waals surface area contributed by atoms with E-state index in [2.05, 4.69) is 61.9 Å². The fourth-order valence-corrected chi connectivity index (χ4v) is 3.68. The van der Waals surface area contributed by atoms with Gasteiger partial charge in [0.15, 0.2) is 11.7 Å². The van der Waals surface area contributed by atoms with Crippen molar-refractivity contribution in [2.75, 3.05) is 26.2 Å². The molecule has 4 rings (SSSR count). The summed E-state index contributed by atoms with van der Waals surface area (Å²) >= 11 is 0. The SMILES string of the molecule is CCNC(=NCc1ccc(CN2CCCC2)cc1)NCCc1nc(-c2ccco2)n[nH]1. The first-order valence-electron chi connectivity index (χ1n) is 11.1. The van der Waals surface area contributed by atoms with Crippen LogP contribution in [0.15, 0.2) is 52.1 Å². The van der Waals surface area contributed by atoms with Crippen molar-refractivity contribution >= 4 is 5.96 Å². The maximum absolute atomic E-state index is 5.33. The van der Waals surface area contributed by atoms with Crippen LogP contribution in [0.5, 0.6) is 0 Å². The van der Waals surface area contributed by atoms with E-state index in [4.69, 9.17) is 9.41 Å². The molecular weight excluding hydrogens is 390 g/mol. The lowest BCUT2D eigenvalue weighted by Crippen LogP contribution is -2.38. The van der Waals surface area contributed by atoms with Gasteiger partial charge in [0, 0.05) is 26.1 Å². The molecule has 2 aromatic heterocycles. The van der Waals surface area contributed by atoms with Crippen LogP contribution >= 0.6 is 0 Å². The van der Waals surface area contributed by atoms with Gasteiger partial charge in [-0.3, -0.25) is 10.00 Å². The molecule has 0 spiro atoms. The van der Waals surface area contributed by atoms with Crippen molar-refractivity contribution in [1.29, 1.82) is 0 Å². The number of aliphatic imine (C=N–C) groups is 1. The molecule has 1 aliphatic rings. The van der Waals surface area contributed by atoms with E-state index >= 15 is 0 Å². The van der Waals surface area contributed by atoms with Crippen LogP contribution in [0.1, 0.15) is 36.7 Å². The number of aromatic nitrogens is 3. The van der Waals surface area contributed by atoms with Crippen LogP contribution in [0.4, 0.5) is 0 Å². The van der Waals surface area contributed by atoms with Gasteiger partial charge in [-0.05, 0) is 56.1 Å². The molecular formula is C23H31N7O. The van der Waals surface area contributed by atoms with Gasteiger partial charge in [0.1, 0.15) is 5.82 Å². The number of rotatable bonds is 9. The fourth-order valence-electron chi connectivity index (χ4n) is 3.68. The number of hydrogen-bond donors (Lipinski definition) is 3. The molecule has 1 fully saturated rings. The summed E-state index contributed by atoms with van der Waals surface area (Å²) in [6.07, 6.45) is 4.99. The van der Waals surface area contributed by atoms with Crippen molar-refractivity contribution in [2.45, 2.75) is 39.3 Å². The molecule has 0 aliphatic carbocycles. The minimum Gasteiger partial charge on any atom is -0.461 e. The molecule has 0 unspecified atom stereocenters.